The molecule has 2 amide bonds. The van der Waals surface area contributed by atoms with Crippen molar-refractivity contribution >= 4 is 12.3 Å². The second-order valence-corrected chi connectivity index (χ2v) is 3.61. The van der Waals surface area contributed by atoms with Crippen molar-refractivity contribution in [2.24, 2.45) is 0 Å². The predicted octanol–water partition coefficient (Wildman–Crippen LogP) is 1.21. The van der Waals surface area contributed by atoms with E-state index in [1.807, 2.05) is 31.2 Å². The van der Waals surface area contributed by atoms with E-state index in [0.717, 1.165) is 17.4 Å². The van der Waals surface area contributed by atoms with Crippen LogP contribution >= 0.6 is 0 Å². The monoisotopic (exact) mass is 220 g/mol. The van der Waals surface area contributed by atoms with Gasteiger partial charge in [0, 0.05) is 13.6 Å². The van der Waals surface area contributed by atoms with Crippen molar-refractivity contribution in [2.75, 3.05) is 13.6 Å². The Morgan fingerprint density at radius 2 is 2.00 bits per heavy atom. The Morgan fingerprint density at radius 3 is 2.50 bits per heavy atom. The molecule has 2 N–H and O–H groups in total. The topological polar surface area (TPSA) is 58.2 Å². The van der Waals surface area contributed by atoms with Gasteiger partial charge in [-0.05, 0) is 12.5 Å². The van der Waals surface area contributed by atoms with Crippen LogP contribution in [0.5, 0.6) is 0 Å². The third kappa shape index (κ3) is 3.38. The molecular weight excluding hydrogens is 204 g/mol. The Hall–Kier alpha value is -1.84. The number of aldehydes is 1. The van der Waals surface area contributed by atoms with Crippen molar-refractivity contribution in [3.05, 3.63) is 35.4 Å². The van der Waals surface area contributed by atoms with Crippen LogP contribution in [0.1, 0.15) is 17.0 Å². The van der Waals surface area contributed by atoms with Crippen LogP contribution in [0.25, 0.3) is 0 Å². The first-order valence-electron chi connectivity index (χ1n) is 5.15. The molecule has 1 atom stereocenters. The van der Waals surface area contributed by atoms with Gasteiger partial charge >= 0.3 is 6.03 Å². The maximum Gasteiger partial charge on any atom is 0.314 e. The van der Waals surface area contributed by atoms with Crippen LogP contribution in [0.15, 0.2) is 24.3 Å². The van der Waals surface area contributed by atoms with E-state index in [4.69, 9.17) is 0 Å². The Balaban J connectivity index is 2.64. The average Bonchev–Trinajstić information content (AvgIpc) is 2.31. The molecule has 0 radical (unpaired) electrons. The molecule has 0 aromatic heterocycles. The van der Waals surface area contributed by atoms with Gasteiger partial charge in [-0.2, -0.15) is 0 Å². The SMILES string of the molecule is CNC(=O)NCC(C=O)c1ccc(C)cc1. The van der Waals surface area contributed by atoms with Gasteiger partial charge in [0.25, 0.3) is 0 Å². The highest BCUT2D eigenvalue weighted by Gasteiger charge is 2.10. The number of carbonyl (C=O) groups excluding carboxylic acids is 2. The van der Waals surface area contributed by atoms with Gasteiger partial charge in [-0.3, -0.25) is 0 Å². The molecule has 0 saturated heterocycles. The number of urea groups is 1. The zero-order valence-electron chi connectivity index (χ0n) is 9.49. The number of carbonyl (C=O) groups is 2. The zero-order valence-corrected chi connectivity index (χ0v) is 9.49. The van der Waals surface area contributed by atoms with Gasteiger partial charge in [0.05, 0.1) is 5.92 Å². The van der Waals surface area contributed by atoms with Gasteiger partial charge in [0.2, 0.25) is 0 Å². The van der Waals surface area contributed by atoms with Gasteiger partial charge in [0.15, 0.2) is 0 Å². The number of benzene rings is 1. The molecule has 1 unspecified atom stereocenters. The minimum absolute atomic E-state index is 0.279. The first-order chi connectivity index (χ1) is 7.67. The lowest BCUT2D eigenvalue weighted by Crippen LogP contribution is -2.35. The highest BCUT2D eigenvalue weighted by Crippen LogP contribution is 2.13. The van der Waals surface area contributed by atoms with E-state index in [1.54, 1.807) is 0 Å². The summed E-state index contributed by atoms with van der Waals surface area (Å²) in [7, 11) is 1.54. The van der Waals surface area contributed by atoms with Crippen LogP contribution in [-0.2, 0) is 4.79 Å². The van der Waals surface area contributed by atoms with E-state index in [1.165, 1.54) is 7.05 Å². The molecule has 4 nitrogen and oxygen atoms in total. The standard InChI is InChI=1S/C12H16N2O2/c1-9-3-5-10(6-4-9)11(8-15)7-14-12(16)13-2/h3-6,8,11H,7H2,1-2H3,(H2,13,14,16). The Labute approximate surface area is 95.0 Å². The van der Waals surface area contributed by atoms with Crippen LogP contribution in [0.2, 0.25) is 0 Å². The fourth-order valence-corrected chi connectivity index (χ4v) is 1.35. The van der Waals surface area contributed by atoms with Crippen LogP contribution in [-0.4, -0.2) is 25.9 Å². The van der Waals surface area contributed by atoms with Gasteiger partial charge in [-0.1, -0.05) is 29.8 Å². The normalized spacial score (nSPS) is 11.6. The number of aryl methyl sites for hydroxylation is 1. The molecular formula is C12H16N2O2. The summed E-state index contributed by atoms with van der Waals surface area (Å²) in [6.07, 6.45) is 0.848. The molecule has 0 bridgehead atoms. The molecule has 1 aromatic carbocycles. The molecule has 0 aliphatic heterocycles. The largest absolute Gasteiger partial charge is 0.341 e. The molecule has 0 heterocycles. The summed E-state index contributed by atoms with van der Waals surface area (Å²) in [5, 5.41) is 5.05. The molecule has 0 spiro atoms. The Morgan fingerprint density at radius 1 is 1.38 bits per heavy atom. The molecule has 16 heavy (non-hydrogen) atoms. The molecule has 0 fully saturated rings. The quantitative estimate of drug-likeness (QED) is 0.749. The third-order valence-electron chi connectivity index (χ3n) is 2.38. The molecule has 86 valence electrons. The van der Waals surface area contributed by atoms with Crippen LogP contribution < -0.4 is 10.6 Å². The molecule has 1 rings (SSSR count). The fraction of sp³-hybridized carbons (Fsp3) is 0.333. The van der Waals surface area contributed by atoms with Crippen molar-refractivity contribution in [2.45, 2.75) is 12.8 Å². The van der Waals surface area contributed by atoms with Crippen molar-refractivity contribution in [1.29, 1.82) is 0 Å². The summed E-state index contributed by atoms with van der Waals surface area (Å²) in [6, 6.07) is 7.43. The van der Waals surface area contributed by atoms with Crippen LogP contribution in [0.3, 0.4) is 0 Å². The maximum absolute atomic E-state index is 11.0. The second kappa shape index (κ2) is 5.90. The van der Waals surface area contributed by atoms with Crippen molar-refractivity contribution in [3.63, 3.8) is 0 Å². The fourth-order valence-electron chi connectivity index (χ4n) is 1.35. The number of amides is 2. The van der Waals surface area contributed by atoms with Gasteiger partial charge in [-0.25, -0.2) is 4.79 Å². The predicted molar refractivity (Wildman–Crippen MR) is 62.4 cm³/mol. The molecule has 1 aromatic rings. The van der Waals surface area contributed by atoms with Crippen LogP contribution in [0, 0.1) is 6.92 Å². The summed E-state index contributed by atoms with van der Waals surface area (Å²) in [5.41, 5.74) is 2.06. The lowest BCUT2D eigenvalue weighted by atomic mass is 9.99. The first-order valence-corrected chi connectivity index (χ1v) is 5.15. The van der Waals surface area contributed by atoms with Crippen LogP contribution in [0.4, 0.5) is 4.79 Å². The summed E-state index contributed by atoms with van der Waals surface area (Å²) in [5.74, 6) is -0.294. The number of nitrogens with one attached hydrogen (secondary N) is 2. The minimum Gasteiger partial charge on any atom is -0.341 e. The summed E-state index contributed by atoms with van der Waals surface area (Å²) in [6.45, 7) is 2.30. The number of hydrogen-bond acceptors (Lipinski definition) is 2. The Kier molecular flexibility index (Phi) is 4.51. The third-order valence-corrected chi connectivity index (χ3v) is 2.38. The average molecular weight is 220 g/mol. The second-order valence-electron chi connectivity index (χ2n) is 3.61. The molecule has 0 aliphatic carbocycles. The first kappa shape index (κ1) is 12.2. The van der Waals surface area contributed by atoms with E-state index >= 15 is 0 Å². The van der Waals surface area contributed by atoms with Gasteiger partial charge in [0.1, 0.15) is 6.29 Å². The van der Waals surface area contributed by atoms with E-state index in [9.17, 15) is 9.59 Å². The highest BCUT2D eigenvalue weighted by molar-refractivity contribution is 5.74. The maximum atomic E-state index is 11.0. The smallest absolute Gasteiger partial charge is 0.314 e. The van der Waals surface area contributed by atoms with Crippen molar-refractivity contribution in [3.8, 4) is 0 Å². The lowest BCUT2D eigenvalue weighted by Gasteiger charge is -2.11. The Bertz CT molecular complexity index is 360. The van der Waals surface area contributed by atoms with E-state index in [-0.39, 0.29) is 11.9 Å². The van der Waals surface area contributed by atoms with E-state index in [0.29, 0.717) is 6.54 Å². The van der Waals surface area contributed by atoms with Crippen molar-refractivity contribution in [1.82, 2.24) is 10.6 Å². The lowest BCUT2D eigenvalue weighted by molar-refractivity contribution is -0.108. The molecule has 0 aliphatic rings. The van der Waals surface area contributed by atoms with Gasteiger partial charge < -0.3 is 15.4 Å². The van der Waals surface area contributed by atoms with Crippen molar-refractivity contribution < 1.29 is 9.59 Å². The highest BCUT2D eigenvalue weighted by atomic mass is 16.2. The minimum atomic E-state index is -0.294. The number of hydrogen-bond donors (Lipinski definition) is 2. The van der Waals surface area contributed by atoms with E-state index < -0.39 is 0 Å². The van der Waals surface area contributed by atoms with E-state index in [2.05, 4.69) is 10.6 Å². The summed E-state index contributed by atoms with van der Waals surface area (Å²) in [4.78, 5) is 21.9. The molecule has 0 saturated carbocycles. The van der Waals surface area contributed by atoms with Gasteiger partial charge in [-0.15, -0.1) is 0 Å². The summed E-state index contributed by atoms with van der Waals surface area (Å²) < 4.78 is 0. The summed E-state index contributed by atoms with van der Waals surface area (Å²) >= 11 is 0. The zero-order chi connectivity index (χ0) is 12.0. The number of rotatable bonds is 4. The molecule has 4 heteroatoms.